The van der Waals surface area contributed by atoms with Crippen LogP contribution in [-0.2, 0) is 11.2 Å². The highest BCUT2D eigenvalue weighted by Crippen LogP contribution is 2.37. The molecule has 2 unspecified atom stereocenters. The van der Waals surface area contributed by atoms with Gasteiger partial charge < -0.3 is 15.2 Å². The predicted octanol–water partition coefficient (Wildman–Crippen LogP) is 1.49. The third kappa shape index (κ3) is 3.53. The Labute approximate surface area is 115 Å². The minimum atomic E-state index is -0.767. The largest absolute Gasteiger partial charge is 0.388 e. The van der Waals surface area contributed by atoms with Crippen molar-refractivity contribution in [3.8, 4) is 0 Å². The molecule has 19 heavy (non-hydrogen) atoms. The second kappa shape index (κ2) is 6.46. The summed E-state index contributed by atoms with van der Waals surface area (Å²) in [6.45, 7) is 3.89. The number of pyridine rings is 1. The van der Waals surface area contributed by atoms with Crippen molar-refractivity contribution in [3.05, 3.63) is 29.6 Å². The lowest BCUT2D eigenvalue weighted by molar-refractivity contribution is 0.0222. The molecule has 0 radical (unpaired) electrons. The quantitative estimate of drug-likeness (QED) is 0.764. The van der Waals surface area contributed by atoms with Crippen LogP contribution in [0.5, 0.6) is 0 Å². The fraction of sp³-hybridized carbons (Fsp3) is 0.667. The SMILES string of the molecule is COCCNCC(C)(O)C1CCCc2cccnc21. The van der Waals surface area contributed by atoms with Gasteiger partial charge in [-0.15, -0.1) is 0 Å². The topological polar surface area (TPSA) is 54.4 Å². The van der Waals surface area contributed by atoms with Gasteiger partial charge in [-0.05, 0) is 37.8 Å². The minimum absolute atomic E-state index is 0.118. The van der Waals surface area contributed by atoms with Gasteiger partial charge in [0.1, 0.15) is 0 Å². The Morgan fingerprint density at radius 2 is 2.42 bits per heavy atom. The molecule has 0 aromatic carbocycles. The first kappa shape index (κ1) is 14.4. The summed E-state index contributed by atoms with van der Waals surface area (Å²) in [4.78, 5) is 4.50. The van der Waals surface area contributed by atoms with E-state index in [0.717, 1.165) is 31.5 Å². The molecule has 1 aromatic heterocycles. The number of rotatable bonds is 6. The van der Waals surface area contributed by atoms with Gasteiger partial charge in [0.2, 0.25) is 0 Å². The molecule has 0 fully saturated rings. The molecule has 2 atom stereocenters. The Bertz CT molecular complexity index is 407. The van der Waals surface area contributed by atoms with Gasteiger partial charge in [-0.25, -0.2) is 0 Å². The van der Waals surface area contributed by atoms with Crippen molar-refractivity contribution >= 4 is 0 Å². The van der Waals surface area contributed by atoms with Crippen LogP contribution in [0.4, 0.5) is 0 Å². The van der Waals surface area contributed by atoms with E-state index in [1.54, 1.807) is 7.11 Å². The molecule has 1 heterocycles. The van der Waals surface area contributed by atoms with Crippen molar-refractivity contribution in [2.45, 2.75) is 37.7 Å². The Morgan fingerprint density at radius 1 is 1.58 bits per heavy atom. The third-order valence-electron chi connectivity index (χ3n) is 3.91. The number of nitrogens with one attached hydrogen (secondary N) is 1. The minimum Gasteiger partial charge on any atom is -0.388 e. The van der Waals surface area contributed by atoms with E-state index in [1.807, 2.05) is 19.2 Å². The number of ether oxygens (including phenoxy) is 1. The molecule has 1 aliphatic rings. The molecule has 1 aromatic rings. The molecule has 106 valence electrons. The number of aliphatic hydroxyl groups is 1. The molecular weight excluding hydrogens is 240 g/mol. The number of methoxy groups -OCH3 is 1. The van der Waals surface area contributed by atoms with Crippen molar-refractivity contribution in [2.75, 3.05) is 26.8 Å². The van der Waals surface area contributed by atoms with E-state index in [4.69, 9.17) is 4.74 Å². The summed E-state index contributed by atoms with van der Waals surface area (Å²) in [7, 11) is 1.68. The summed E-state index contributed by atoms with van der Waals surface area (Å²) in [5, 5.41) is 14.0. The van der Waals surface area contributed by atoms with Gasteiger partial charge in [0.15, 0.2) is 0 Å². The van der Waals surface area contributed by atoms with E-state index in [-0.39, 0.29) is 5.92 Å². The first-order chi connectivity index (χ1) is 9.15. The van der Waals surface area contributed by atoms with Crippen LogP contribution in [0, 0.1) is 0 Å². The maximum atomic E-state index is 10.7. The highest BCUT2D eigenvalue weighted by atomic mass is 16.5. The number of hydrogen-bond acceptors (Lipinski definition) is 4. The average Bonchev–Trinajstić information content (AvgIpc) is 2.43. The molecule has 0 bridgehead atoms. The summed E-state index contributed by atoms with van der Waals surface area (Å²) >= 11 is 0. The van der Waals surface area contributed by atoms with Crippen LogP contribution < -0.4 is 5.32 Å². The van der Waals surface area contributed by atoms with Crippen molar-refractivity contribution in [3.63, 3.8) is 0 Å². The van der Waals surface area contributed by atoms with E-state index >= 15 is 0 Å². The summed E-state index contributed by atoms with van der Waals surface area (Å²) in [6.07, 6.45) is 5.03. The fourth-order valence-electron chi connectivity index (χ4n) is 2.85. The molecule has 2 N–H and O–H groups in total. The van der Waals surface area contributed by atoms with Gasteiger partial charge in [0, 0.05) is 38.0 Å². The first-order valence-electron chi connectivity index (χ1n) is 7.01. The molecule has 4 nitrogen and oxygen atoms in total. The highest BCUT2D eigenvalue weighted by molar-refractivity contribution is 5.28. The van der Waals surface area contributed by atoms with Crippen LogP contribution in [0.15, 0.2) is 18.3 Å². The molecule has 0 spiro atoms. The Hall–Kier alpha value is -0.970. The normalized spacial score (nSPS) is 21.7. The van der Waals surface area contributed by atoms with Gasteiger partial charge in [0.05, 0.1) is 12.2 Å². The van der Waals surface area contributed by atoms with Crippen molar-refractivity contribution in [1.29, 1.82) is 0 Å². The van der Waals surface area contributed by atoms with Gasteiger partial charge in [-0.2, -0.15) is 0 Å². The lowest BCUT2D eigenvalue weighted by Gasteiger charge is -2.36. The maximum Gasteiger partial charge on any atom is 0.0826 e. The molecule has 0 aliphatic heterocycles. The predicted molar refractivity (Wildman–Crippen MR) is 75.3 cm³/mol. The van der Waals surface area contributed by atoms with Crippen LogP contribution in [-0.4, -0.2) is 42.5 Å². The van der Waals surface area contributed by atoms with Crippen LogP contribution in [0.2, 0.25) is 0 Å². The zero-order valence-electron chi connectivity index (χ0n) is 11.9. The van der Waals surface area contributed by atoms with Gasteiger partial charge in [-0.3, -0.25) is 4.98 Å². The number of aromatic nitrogens is 1. The number of hydrogen-bond donors (Lipinski definition) is 2. The lowest BCUT2D eigenvalue weighted by Crippen LogP contribution is -2.45. The molecule has 2 rings (SSSR count). The zero-order chi connectivity index (χ0) is 13.7. The molecule has 4 heteroatoms. The van der Waals surface area contributed by atoms with Crippen LogP contribution in [0.3, 0.4) is 0 Å². The number of aryl methyl sites for hydroxylation is 1. The Morgan fingerprint density at radius 3 is 3.21 bits per heavy atom. The summed E-state index contributed by atoms with van der Waals surface area (Å²) in [5.74, 6) is 0.118. The van der Waals surface area contributed by atoms with Crippen LogP contribution in [0.25, 0.3) is 0 Å². The monoisotopic (exact) mass is 264 g/mol. The number of nitrogens with zero attached hydrogens (tertiary/aromatic N) is 1. The van der Waals surface area contributed by atoms with Crippen molar-refractivity contribution in [1.82, 2.24) is 10.3 Å². The molecule has 0 saturated carbocycles. The second-order valence-corrected chi connectivity index (χ2v) is 5.52. The van der Waals surface area contributed by atoms with E-state index in [9.17, 15) is 5.11 Å². The van der Waals surface area contributed by atoms with Crippen LogP contribution >= 0.6 is 0 Å². The van der Waals surface area contributed by atoms with E-state index in [0.29, 0.717) is 13.2 Å². The summed E-state index contributed by atoms with van der Waals surface area (Å²) < 4.78 is 5.00. The standard InChI is InChI=1S/C15H24N2O2/c1-15(18,11-16-9-10-19-2)13-7-3-5-12-6-4-8-17-14(12)13/h4,6,8,13,16,18H,3,5,7,9-11H2,1-2H3. The van der Waals surface area contributed by atoms with Gasteiger partial charge in [0.25, 0.3) is 0 Å². The highest BCUT2D eigenvalue weighted by Gasteiger charge is 2.36. The van der Waals surface area contributed by atoms with Crippen molar-refractivity contribution in [2.24, 2.45) is 0 Å². The van der Waals surface area contributed by atoms with Crippen LogP contribution in [0.1, 0.15) is 36.9 Å². The average molecular weight is 264 g/mol. The smallest absolute Gasteiger partial charge is 0.0826 e. The Balaban J connectivity index is 2.04. The summed E-state index contributed by atoms with van der Waals surface area (Å²) in [5.41, 5.74) is 1.60. The zero-order valence-corrected chi connectivity index (χ0v) is 11.9. The van der Waals surface area contributed by atoms with E-state index < -0.39 is 5.60 Å². The lowest BCUT2D eigenvalue weighted by atomic mass is 9.76. The third-order valence-corrected chi connectivity index (χ3v) is 3.91. The Kier molecular flexibility index (Phi) is 4.91. The van der Waals surface area contributed by atoms with Gasteiger partial charge >= 0.3 is 0 Å². The van der Waals surface area contributed by atoms with Crippen molar-refractivity contribution < 1.29 is 9.84 Å². The number of fused-ring (bicyclic) bond motifs is 1. The molecule has 0 amide bonds. The van der Waals surface area contributed by atoms with E-state index in [1.165, 1.54) is 5.56 Å². The molecule has 0 saturated heterocycles. The summed E-state index contributed by atoms with van der Waals surface area (Å²) in [6, 6.07) is 4.11. The first-order valence-corrected chi connectivity index (χ1v) is 7.01. The molecular formula is C15H24N2O2. The van der Waals surface area contributed by atoms with Gasteiger partial charge in [-0.1, -0.05) is 6.07 Å². The fourth-order valence-corrected chi connectivity index (χ4v) is 2.85. The maximum absolute atomic E-state index is 10.7. The molecule has 1 aliphatic carbocycles. The van der Waals surface area contributed by atoms with E-state index in [2.05, 4.69) is 16.4 Å². The second-order valence-electron chi connectivity index (χ2n) is 5.52.